The van der Waals surface area contributed by atoms with Crippen molar-refractivity contribution >= 4 is 17.5 Å². The fraction of sp³-hybridized carbons (Fsp3) is 0.600. The van der Waals surface area contributed by atoms with Crippen molar-refractivity contribution in [1.82, 2.24) is 10.3 Å². The molecule has 3 rings (SSSR count). The van der Waals surface area contributed by atoms with Crippen LogP contribution < -0.4 is 5.32 Å². The normalized spacial score (nSPS) is 24.1. The largest absolute Gasteiger partial charge is 0.349 e. The average Bonchev–Trinajstić information content (AvgIpc) is 2.89. The third kappa shape index (κ3) is 3.36. The number of carbonyl (C=O) groups is 1. The Morgan fingerprint density at radius 1 is 1.43 bits per heavy atom. The van der Waals surface area contributed by atoms with Crippen LogP contribution in [0.2, 0.25) is 5.02 Å². The van der Waals surface area contributed by atoms with Crippen LogP contribution in [0.25, 0.3) is 0 Å². The second-order valence-electron chi connectivity index (χ2n) is 5.59. The Morgan fingerprint density at radius 2 is 2.24 bits per heavy atom. The van der Waals surface area contributed by atoms with Gasteiger partial charge in [-0.3, -0.25) is 9.78 Å². The second-order valence-corrected chi connectivity index (χ2v) is 5.99. The van der Waals surface area contributed by atoms with E-state index < -0.39 is 5.79 Å². The zero-order chi connectivity index (χ0) is 14.7. The average molecular weight is 311 g/mol. The number of hydrogen-bond acceptors (Lipinski definition) is 4. The van der Waals surface area contributed by atoms with E-state index in [-0.39, 0.29) is 12.0 Å². The van der Waals surface area contributed by atoms with Gasteiger partial charge in [-0.05, 0) is 18.9 Å². The van der Waals surface area contributed by atoms with E-state index >= 15 is 0 Å². The summed E-state index contributed by atoms with van der Waals surface area (Å²) < 4.78 is 11.9. The number of pyridine rings is 1. The molecule has 21 heavy (non-hydrogen) atoms. The first-order valence-electron chi connectivity index (χ1n) is 7.38. The Balaban J connectivity index is 1.52. The van der Waals surface area contributed by atoms with Gasteiger partial charge in [0.2, 0.25) is 0 Å². The highest BCUT2D eigenvalue weighted by atomic mass is 35.5. The van der Waals surface area contributed by atoms with Crippen LogP contribution in [0.4, 0.5) is 0 Å². The number of hydrogen-bond donors (Lipinski definition) is 1. The van der Waals surface area contributed by atoms with Crippen molar-refractivity contribution in [3.8, 4) is 0 Å². The molecular formula is C15H19ClN2O3. The van der Waals surface area contributed by atoms with Crippen LogP contribution in [-0.4, -0.2) is 35.9 Å². The number of amides is 1. The van der Waals surface area contributed by atoms with Crippen molar-refractivity contribution < 1.29 is 14.3 Å². The van der Waals surface area contributed by atoms with Gasteiger partial charge in [0.15, 0.2) is 5.79 Å². The lowest BCUT2D eigenvalue weighted by atomic mass is 9.94. The molecule has 2 heterocycles. The first-order chi connectivity index (χ1) is 10.2. The van der Waals surface area contributed by atoms with Gasteiger partial charge in [0, 0.05) is 31.8 Å². The second kappa shape index (κ2) is 6.30. The lowest BCUT2D eigenvalue weighted by Crippen LogP contribution is -2.37. The van der Waals surface area contributed by atoms with Gasteiger partial charge in [-0.1, -0.05) is 18.0 Å². The molecule has 0 radical (unpaired) electrons. The molecule has 1 amide bonds. The van der Waals surface area contributed by atoms with E-state index in [1.54, 1.807) is 12.3 Å². The number of halogens is 1. The summed E-state index contributed by atoms with van der Waals surface area (Å²) in [6.45, 7) is 0.962. The molecule has 1 saturated heterocycles. The molecule has 1 spiro atoms. The fourth-order valence-corrected chi connectivity index (χ4v) is 3.14. The maximum atomic E-state index is 12.1. The first-order valence-corrected chi connectivity index (χ1v) is 7.76. The van der Waals surface area contributed by atoms with Gasteiger partial charge >= 0.3 is 0 Å². The van der Waals surface area contributed by atoms with E-state index in [1.165, 1.54) is 12.6 Å². The molecule has 1 aliphatic carbocycles. The van der Waals surface area contributed by atoms with Crippen molar-refractivity contribution in [2.75, 3.05) is 13.2 Å². The van der Waals surface area contributed by atoms with Crippen LogP contribution >= 0.6 is 11.6 Å². The van der Waals surface area contributed by atoms with Crippen LogP contribution in [0, 0.1) is 0 Å². The zero-order valence-corrected chi connectivity index (χ0v) is 12.6. The molecule has 6 heteroatoms. The highest BCUT2D eigenvalue weighted by Crippen LogP contribution is 2.37. The highest BCUT2D eigenvalue weighted by Gasteiger charge is 2.42. The maximum Gasteiger partial charge on any atom is 0.253 e. The minimum Gasteiger partial charge on any atom is -0.349 e. The number of nitrogens with zero attached hydrogens (tertiary/aromatic N) is 1. The fourth-order valence-electron chi connectivity index (χ4n) is 2.93. The van der Waals surface area contributed by atoms with Gasteiger partial charge in [0.1, 0.15) is 6.10 Å². The SMILES string of the molecule is O=C(NC[C@H]1COC2(CCCCC2)O1)c1ccncc1Cl. The molecule has 5 nitrogen and oxygen atoms in total. The van der Waals surface area contributed by atoms with Crippen LogP contribution in [0.3, 0.4) is 0 Å². The molecular weight excluding hydrogens is 292 g/mol. The third-order valence-electron chi connectivity index (χ3n) is 4.04. The number of nitrogens with one attached hydrogen (secondary N) is 1. The van der Waals surface area contributed by atoms with Crippen LogP contribution in [0.5, 0.6) is 0 Å². The lowest BCUT2D eigenvalue weighted by Gasteiger charge is -2.31. The summed E-state index contributed by atoms with van der Waals surface area (Å²) in [7, 11) is 0. The van der Waals surface area contributed by atoms with Crippen LogP contribution in [0.1, 0.15) is 42.5 Å². The van der Waals surface area contributed by atoms with Crippen molar-refractivity contribution in [2.24, 2.45) is 0 Å². The topological polar surface area (TPSA) is 60.5 Å². The minimum atomic E-state index is -0.401. The van der Waals surface area contributed by atoms with Crippen molar-refractivity contribution in [3.05, 3.63) is 29.0 Å². The summed E-state index contributed by atoms with van der Waals surface area (Å²) in [5.74, 6) is -0.613. The molecule has 1 N–H and O–H groups in total. The lowest BCUT2D eigenvalue weighted by molar-refractivity contribution is -0.186. The Kier molecular flexibility index (Phi) is 4.42. The summed E-state index contributed by atoms with van der Waals surface area (Å²) in [4.78, 5) is 15.9. The summed E-state index contributed by atoms with van der Waals surface area (Å²) in [5, 5.41) is 3.20. The van der Waals surface area contributed by atoms with E-state index in [0.717, 1.165) is 25.7 Å². The standard InChI is InChI=1S/C15H19ClN2O3/c16-13-9-17-7-4-12(13)14(19)18-8-11-10-20-15(21-11)5-2-1-3-6-15/h4,7,9,11H,1-3,5-6,8,10H2,(H,18,19)/t11-/m0/s1. The smallest absolute Gasteiger partial charge is 0.253 e. The highest BCUT2D eigenvalue weighted by molar-refractivity contribution is 6.33. The molecule has 1 aromatic rings. The number of rotatable bonds is 3. The maximum absolute atomic E-state index is 12.1. The summed E-state index contributed by atoms with van der Waals surface area (Å²) >= 11 is 5.95. The molecule has 1 atom stereocenters. The predicted molar refractivity (Wildman–Crippen MR) is 78.2 cm³/mol. The first kappa shape index (κ1) is 14.8. The predicted octanol–water partition coefficient (Wildman–Crippen LogP) is 2.54. The van der Waals surface area contributed by atoms with Gasteiger partial charge < -0.3 is 14.8 Å². The molecule has 2 aliphatic rings. The van der Waals surface area contributed by atoms with E-state index in [9.17, 15) is 4.79 Å². The summed E-state index contributed by atoms with van der Waals surface area (Å²) in [6.07, 6.45) is 8.36. The van der Waals surface area contributed by atoms with E-state index in [4.69, 9.17) is 21.1 Å². The zero-order valence-electron chi connectivity index (χ0n) is 11.8. The summed E-state index contributed by atoms with van der Waals surface area (Å²) in [5.41, 5.74) is 0.429. The third-order valence-corrected chi connectivity index (χ3v) is 4.34. The van der Waals surface area contributed by atoms with Crippen LogP contribution in [0.15, 0.2) is 18.5 Å². The number of ether oxygens (including phenoxy) is 2. The van der Waals surface area contributed by atoms with Crippen molar-refractivity contribution in [1.29, 1.82) is 0 Å². The van der Waals surface area contributed by atoms with Gasteiger partial charge in [-0.25, -0.2) is 0 Å². The minimum absolute atomic E-state index is 0.0901. The number of aromatic nitrogens is 1. The monoisotopic (exact) mass is 310 g/mol. The Bertz CT molecular complexity index is 517. The molecule has 0 unspecified atom stereocenters. The van der Waals surface area contributed by atoms with Crippen LogP contribution in [-0.2, 0) is 9.47 Å². The molecule has 0 bridgehead atoms. The van der Waals surface area contributed by atoms with E-state index in [2.05, 4.69) is 10.3 Å². The van der Waals surface area contributed by atoms with Gasteiger partial charge in [0.25, 0.3) is 5.91 Å². The van der Waals surface area contributed by atoms with E-state index in [0.29, 0.717) is 23.7 Å². The van der Waals surface area contributed by atoms with E-state index in [1.807, 2.05) is 0 Å². The van der Waals surface area contributed by atoms with Crippen molar-refractivity contribution in [3.63, 3.8) is 0 Å². The molecule has 2 fully saturated rings. The molecule has 114 valence electrons. The van der Waals surface area contributed by atoms with Crippen molar-refractivity contribution in [2.45, 2.75) is 44.0 Å². The number of carbonyl (C=O) groups excluding carboxylic acids is 1. The molecule has 0 aromatic carbocycles. The summed E-state index contributed by atoms with van der Waals surface area (Å²) in [6, 6.07) is 1.60. The van der Waals surface area contributed by atoms with Gasteiger partial charge in [-0.15, -0.1) is 0 Å². The molecule has 1 aliphatic heterocycles. The molecule has 1 saturated carbocycles. The van der Waals surface area contributed by atoms with Gasteiger partial charge in [0.05, 0.1) is 17.2 Å². The Morgan fingerprint density at radius 3 is 3.00 bits per heavy atom. The Hall–Kier alpha value is -1.17. The quantitative estimate of drug-likeness (QED) is 0.932. The molecule has 1 aromatic heterocycles. The van der Waals surface area contributed by atoms with Gasteiger partial charge in [-0.2, -0.15) is 0 Å². The Labute approximate surface area is 129 Å².